The van der Waals surface area contributed by atoms with Crippen molar-refractivity contribution in [2.75, 3.05) is 11.5 Å². The highest BCUT2D eigenvalue weighted by molar-refractivity contribution is 6.05. The number of amides is 1. The number of ether oxygens (including phenoxy) is 2. The molecule has 1 atom stereocenters. The fourth-order valence-corrected chi connectivity index (χ4v) is 2.32. The van der Waals surface area contributed by atoms with Gasteiger partial charge in [0.25, 0.3) is 11.7 Å². The molecule has 1 aliphatic rings. The van der Waals surface area contributed by atoms with Gasteiger partial charge >= 0.3 is 11.8 Å². The summed E-state index contributed by atoms with van der Waals surface area (Å²) in [6.07, 6.45) is 0. The summed E-state index contributed by atoms with van der Waals surface area (Å²) in [5.74, 6) is -1.31. The molecule has 1 aromatic heterocycles. The predicted octanol–water partition coefficient (Wildman–Crippen LogP) is 2.08. The van der Waals surface area contributed by atoms with Crippen LogP contribution in [0.2, 0.25) is 0 Å². The highest BCUT2D eigenvalue weighted by atomic mass is 16.6. The fraction of sp³-hybridized carbons (Fsp3) is 0.562. The van der Waals surface area contributed by atoms with Gasteiger partial charge in [-0.1, -0.05) is 13.8 Å². The maximum atomic E-state index is 12.8. The topological polar surface area (TPSA) is 112 Å². The summed E-state index contributed by atoms with van der Waals surface area (Å²) in [7, 11) is 0. The normalized spacial score (nSPS) is 16.9. The first-order chi connectivity index (χ1) is 11.5. The average molecular weight is 351 g/mol. The summed E-state index contributed by atoms with van der Waals surface area (Å²) in [6, 6.07) is 1.56. The Morgan fingerprint density at radius 1 is 1.40 bits per heavy atom. The van der Waals surface area contributed by atoms with Crippen LogP contribution in [0.5, 0.6) is 5.75 Å². The van der Waals surface area contributed by atoms with Crippen LogP contribution in [-0.2, 0) is 14.3 Å². The third-order valence-electron chi connectivity index (χ3n) is 3.63. The number of hydrogen-bond donors (Lipinski definition) is 0. The Morgan fingerprint density at radius 2 is 2.04 bits per heavy atom. The van der Waals surface area contributed by atoms with E-state index >= 15 is 0 Å². The van der Waals surface area contributed by atoms with Gasteiger partial charge in [-0.2, -0.15) is 0 Å². The Bertz CT molecular complexity index is 716. The number of aromatic nitrogens is 1. The van der Waals surface area contributed by atoms with Crippen molar-refractivity contribution in [3.63, 3.8) is 0 Å². The van der Waals surface area contributed by atoms with E-state index in [0.29, 0.717) is 0 Å². The molecule has 9 nitrogen and oxygen atoms in total. The van der Waals surface area contributed by atoms with E-state index in [4.69, 9.17) is 9.47 Å². The van der Waals surface area contributed by atoms with Gasteiger partial charge in [0.1, 0.15) is 6.04 Å². The van der Waals surface area contributed by atoms with Crippen LogP contribution in [0.25, 0.3) is 0 Å². The average Bonchev–Trinajstić information content (AvgIpc) is 2.52. The van der Waals surface area contributed by atoms with Gasteiger partial charge in [-0.05, 0) is 42.7 Å². The van der Waals surface area contributed by atoms with Crippen molar-refractivity contribution in [3.05, 3.63) is 22.2 Å². The van der Waals surface area contributed by atoms with Crippen molar-refractivity contribution in [3.8, 4) is 5.75 Å². The number of fused-ring (bicyclic) bond motifs is 1. The molecule has 0 aromatic carbocycles. The Labute approximate surface area is 145 Å². The van der Waals surface area contributed by atoms with Gasteiger partial charge in [0.2, 0.25) is 0 Å². The minimum Gasteiger partial charge on any atom is -0.472 e. The van der Waals surface area contributed by atoms with Crippen LogP contribution in [0, 0.1) is 16.0 Å². The number of esters is 1. The SMILES string of the molecule is CC(C)COC(=O)C(C)N1C(=O)C(C)(C)Oc2ccc([N+](=O)[O-])nc21. The van der Waals surface area contributed by atoms with Gasteiger partial charge < -0.3 is 19.6 Å². The molecule has 0 radical (unpaired) electrons. The Kier molecular flexibility index (Phi) is 4.96. The monoisotopic (exact) mass is 351 g/mol. The van der Waals surface area contributed by atoms with Crippen LogP contribution in [0.15, 0.2) is 12.1 Å². The molecular weight excluding hydrogens is 330 g/mol. The minimum atomic E-state index is -1.24. The molecule has 0 N–H and O–H groups in total. The lowest BCUT2D eigenvalue weighted by Crippen LogP contribution is -2.57. The lowest BCUT2D eigenvalue weighted by atomic mass is 10.0. The van der Waals surface area contributed by atoms with Gasteiger partial charge in [-0.25, -0.2) is 4.79 Å². The fourth-order valence-electron chi connectivity index (χ4n) is 2.32. The summed E-state index contributed by atoms with van der Waals surface area (Å²) < 4.78 is 10.8. The molecule has 1 unspecified atom stereocenters. The van der Waals surface area contributed by atoms with E-state index in [1.807, 2.05) is 13.8 Å². The van der Waals surface area contributed by atoms with E-state index in [2.05, 4.69) is 4.98 Å². The van der Waals surface area contributed by atoms with Crippen molar-refractivity contribution in [2.24, 2.45) is 5.92 Å². The summed E-state index contributed by atoms with van der Waals surface area (Å²) in [4.78, 5) is 40.4. The molecule has 1 aromatic rings. The number of rotatable bonds is 5. The van der Waals surface area contributed by atoms with Gasteiger partial charge in [0.15, 0.2) is 11.4 Å². The molecule has 2 rings (SSSR count). The molecule has 1 amide bonds. The predicted molar refractivity (Wildman–Crippen MR) is 88.3 cm³/mol. The van der Waals surface area contributed by atoms with Crippen molar-refractivity contribution in [1.29, 1.82) is 0 Å². The van der Waals surface area contributed by atoms with E-state index in [0.717, 1.165) is 4.90 Å². The Hall–Kier alpha value is -2.71. The maximum absolute atomic E-state index is 12.8. The number of anilines is 1. The third kappa shape index (κ3) is 3.70. The van der Waals surface area contributed by atoms with E-state index in [1.165, 1.54) is 19.1 Å². The lowest BCUT2D eigenvalue weighted by Gasteiger charge is -2.37. The summed E-state index contributed by atoms with van der Waals surface area (Å²) in [6.45, 7) is 8.59. The minimum absolute atomic E-state index is 0.0625. The first kappa shape index (κ1) is 18.6. The van der Waals surface area contributed by atoms with E-state index in [-0.39, 0.29) is 24.1 Å². The van der Waals surface area contributed by atoms with Crippen LogP contribution in [0.3, 0.4) is 0 Å². The number of hydrogen-bond acceptors (Lipinski definition) is 7. The molecule has 2 heterocycles. The maximum Gasteiger partial charge on any atom is 0.366 e. The number of carbonyl (C=O) groups is 2. The number of nitrogens with zero attached hydrogens (tertiary/aromatic N) is 3. The van der Waals surface area contributed by atoms with Crippen molar-refractivity contribution in [1.82, 2.24) is 4.98 Å². The molecule has 0 spiro atoms. The van der Waals surface area contributed by atoms with Crippen LogP contribution in [-0.4, -0.2) is 40.0 Å². The van der Waals surface area contributed by atoms with Gasteiger partial charge in [-0.15, -0.1) is 0 Å². The van der Waals surface area contributed by atoms with Crippen LogP contribution >= 0.6 is 0 Å². The largest absolute Gasteiger partial charge is 0.472 e. The molecular formula is C16H21N3O6. The highest BCUT2D eigenvalue weighted by Crippen LogP contribution is 2.38. The first-order valence-electron chi connectivity index (χ1n) is 7.89. The zero-order valence-electron chi connectivity index (χ0n) is 14.8. The molecule has 0 saturated heterocycles. The second-order valence-electron chi connectivity index (χ2n) is 6.74. The zero-order valence-corrected chi connectivity index (χ0v) is 14.8. The van der Waals surface area contributed by atoms with Crippen LogP contribution < -0.4 is 9.64 Å². The molecule has 0 saturated carbocycles. The van der Waals surface area contributed by atoms with Crippen molar-refractivity contribution >= 4 is 23.5 Å². The summed E-state index contributed by atoms with van der Waals surface area (Å²) >= 11 is 0. The van der Waals surface area contributed by atoms with E-state index < -0.39 is 34.3 Å². The van der Waals surface area contributed by atoms with E-state index in [1.54, 1.807) is 13.8 Å². The van der Waals surface area contributed by atoms with Crippen molar-refractivity contribution < 1.29 is 24.0 Å². The van der Waals surface area contributed by atoms with Gasteiger partial charge in [0.05, 0.1) is 6.61 Å². The number of carbonyl (C=O) groups excluding carboxylic acids is 2. The summed E-state index contributed by atoms with van der Waals surface area (Å²) in [5.41, 5.74) is -1.24. The lowest BCUT2D eigenvalue weighted by molar-refractivity contribution is -0.389. The number of pyridine rings is 1. The molecule has 0 fully saturated rings. The molecule has 25 heavy (non-hydrogen) atoms. The quantitative estimate of drug-likeness (QED) is 0.453. The highest BCUT2D eigenvalue weighted by Gasteiger charge is 2.48. The van der Waals surface area contributed by atoms with Crippen LogP contribution in [0.4, 0.5) is 11.6 Å². The molecule has 136 valence electrons. The zero-order chi connectivity index (χ0) is 18.9. The first-order valence-corrected chi connectivity index (χ1v) is 7.89. The molecule has 0 bridgehead atoms. The van der Waals surface area contributed by atoms with Crippen LogP contribution in [0.1, 0.15) is 34.6 Å². The standard InChI is InChI=1S/C16H21N3O6/c1-9(2)8-24-14(20)10(3)18-13-11(25-16(4,5)15(18)21)6-7-12(17-13)19(22)23/h6-7,9-10H,8H2,1-5H3. The third-order valence-corrected chi connectivity index (χ3v) is 3.63. The second-order valence-corrected chi connectivity index (χ2v) is 6.74. The second kappa shape index (κ2) is 6.66. The Balaban J connectivity index is 2.44. The molecule has 1 aliphatic heterocycles. The number of nitro groups is 1. The smallest absolute Gasteiger partial charge is 0.366 e. The summed E-state index contributed by atoms with van der Waals surface area (Å²) in [5, 5.41) is 11.0. The van der Waals surface area contributed by atoms with E-state index in [9.17, 15) is 19.7 Å². The molecule has 9 heteroatoms. The van der Waals surface area contributed by atoms with Crippen molar-refractivity contribution in [2.45, 2.75) is 46.3 Å². The van der Waals surface area contributed by atoms with Gasteiger partial charge in [0, 0.05) is 6.07 Å². The molecule has 0 aliphatic carbocycles. The Morgan fingerprint density at radius 3 is 2.60 bits per heavy atom. The van der Waals surface area contributed by atoms with Gasteiger partial charge in [-0.3, -0.25) is 9.69 Å².